The third-order valence-corrected chi connectivity index (χ3v) is 3.48. The molecule has 1 heterocycles. The molecule has 0 saturated carbocycles. The molecule has 0 unspecified atom stereocenters. The summed E-state index contributed by atoms with van der Waals surface area (Å²) in [7, 11) is 0. The minimum Gasteiger partial charge on any atom is -0.341 e. The molecule has 1 aromatic heterocycles. The van der Waals surface area contributed by atoms with Crippen LogP contribution in [0.3, 0.4) is 0 Å². The number of rotatable bonds is 8. The van der Waals surface area contributed by atoms with Gasteiger partial charge in [0.2, 0.25) is 5.95 Å². The third kappa shape index (κ3) is 4.90. The van der Waals surface area contributed by atoms with Crippen LogP contribution in [0.1, 0.15) is 27.2 Å². The first-order chi connectivity index (χ1) is 8.71. The summed E-state index contributed by atoms with van der Waals surface area (Å²) in [5.74, 6) is 0.820. The summed E-state index contributed by atoms with van der Waals surface area (Å²) in [4.78, 5) is 13.3. The second-order valence-corrected chi connectivity index (χ2v) is 5.08. The highest BCUT2D eigenvalue weighted by molar-refractivity contribution is 9.10. The van der Waals surface area contributed by atoms with Gasteiger partial charge < -0.3 is 9.80 Å². The topological polar surface area (TPSA) is 32.3 Å². The van der Waals surface area contributed by atoms with Gasteiger partial charge in [-0.2, -0.15) is 0 Å². The normalized spacial score (nSPS) is 10.9. The highest BCUT2D eigenvalue weighted by Crippen LogP contribution is 2.11. The average Bonchev–Trinajstić information content (AvgIpc) is 2.41. The van der Waals surface area contributed by atoms with Gasteiger partial charge in [0.1, 0.15) is 0 Å². The predicted octanol–water partition coefficient (Wildman–Crippen LogP) is 2.80. The van der Waals surface area contributed by atoms with Crippen molar-refractivity contribution in [3.05, 3.63) is 16.9 Å². The van der Waals surface area contributed by atoms with Crippen LogP contribution in [0.5, 0.6) is 0 Å². The molecule has 1 rings (SSSR count). The quantitative estimate of drug-likeness (QED) is 0.738. The molecular weight excluding hydrogens is 292 g/mol. The largest absolute Gasteiger partial charge is 0.341 e. The molecule has 102 valence electrons. The van der Waals surface area contributed by atoms with E-state index in [4.69, 9.17) is 0 Å². The number of nitrogens with zero attached hydrogens (tertiary/aromatic N) is 4. The van der Waals surface area contributed by atoms with Crippen molar-refractivity contribution in [3.63, 3.8) is 0 Å². The molecule has 0 amide bonds. The van der Waals surface area contributed by atoms with Gasteiger partial charge in [0.25, 0.3) is 0 Å². The number of anilines is 1. The van der Waals surface area contributed by atoms with Crippen LogP contribution in [0.15, 0.2) is 16.9 Å². The monoisotopic (exact) mass is 314 g/mol. The van der Waals surface area contributed by atoms with Crippen LogP contribution < -0.4 is 4.90 Å². The molecule has 0 aliphatic rings. The highest BCUT2D eigenvalue weighted by atomic mass is 79.9. The van der Waals surface area contributed by atoms with Crippen molar-refractivity contribution in [2.45, 2.75) is 27.2 Å². The standard InChI is InChI=1S/C13H23BrN4/c1-4-17(5-2)8-7-9-18(6-3)13-15-10-12(14)11-16-13/h10-11H,4-9H2,1-3H3. The van der Waals surface area contributed by atoms with E-state index in [0.717, 1.165) is 49.6 Å². The van der Waals surface area contributed by atoms with E-state index in [2.05, 4.69) is 56.5 Å². The van der Waals surface area contributed by atoms with Gasteiger partial charge in [0.05, 0.1) is 4.47 Å². The van der Waals surface area contributed by atoms with E-state index in [1.807, 2.05) is 0 Å². The zero-order chi connectivity index (χ0) is 13.4. The van der Waals surface area contributed by atoms with Gasteiger partial charge in [0, 0.05) is 25.5 Å². The lowest BCUT2D eigenvalue weighted by molar-refractivity contribution is 0.300. The minimum atomic E-state index is 0.820. The summed E-state index contributed by atoms with van der Waals surface area (Å²) in [6.07, 6.45) is 4.75. The van der Waals surface area contributed by atoms with Crippen molar-refractivity contribution in [3.8, 4) is 0 Å². The molecule has 4 nitrogen and oxygen atoms in total. The van der Waals surface area contributed by atoms with E-state index < -0.39 is 0 Å². The summed E-state index contributed by atoms with van der Waals surface area (Å²) < 4.78 is 0.922. The van der Waals surface area contributed by atoms with Crippen molar-refractivity contribution < 1.29 is 0 Å². The molecule has 0 aliphatic heterocycles. The fourth-order valence-electron chi connectivity index (χ4n) is 1.89. The molecule has 0 fully saturated rings. The molecule has 5 heteroatoms. The zero-order valence-electron chi connectivity index (χ0n) is 11.6. The van der Waals surface area contributed by atoms with Gasteiger partial charge in [0.15, 0.2) is 0 Å². The Hall–Kier alpha value is -0.680. The van der Waals surface area contributed by atoms with Gasteiger partial charge >= 0.3 is 0 Å². The third-order valence-electron chi connectivity index (χ3n) is 3.07. The van der Waals surface area contributed by atoms with Crippen LogP contribution >= 0.6 is 15.9 Å². The molecule has 0 aromatic carbocycles. The Kier molecular flexibility index (Phi) is 7.20. The molecule has 0 aliphatic carbocycles. The fraction of sp³-hybridized carbons (Fsp3) is 0.692. The van der Waals surface area contributed by atoms with Crippen molar-refractivity contribution in [2.24, 2.45) is 0 Å². The molecule has 18 heavy (non-hydrogen) atoms. The Balaban J connectivity index is 2.44. The second-order valence-electron chi connectivity index (χ2n) is 4.16. The van der Waals surface area contributed by atoms with Gasteiger partial charge in [-0.05, 0) is 48.9 Å². The maximum Gasteiger partial charge on any atom is 0.225 e. The summed E-state index contributed by atoms with van der Waals surface area (Å²) in [5, 5.41) is 0. The lowest BCUT2D eigenvalue weighted by Crippen LogP contribution is -2.30. The van der Waals surface area contributed by atoms with E-state index in [-0.39, 0.29) is 0 Å². The Morgan fingerprint density at radius 2 is 1.61 bits per heavy atom. The summed E-state index contributed by atoms with van der Waals surface area (Å²) in [5.41, 5.74) is 0. The predicted molar refractivity (Wildman–Crippen MR) is 80.0 cm³/mol. The molecule has 0 atom stereocenters. The van der Waals surface area contributed by atoms with Crippen molar-refractivity contribution in [1.29, 1.82) is 0 Å². The molecule has 0 saturated heterocycles. The summed E-state index contributed by atoms with van der Waals surface area (Å²) >= 11 is 3.36. The van der Waals surface area contributed by atoms with Crippen LogP contribution in [-0.4, -0.2) is 47.6 Å². The van der Waals surface area contributed by atoms with Crippen LogP contribution in [0, 0.1) is 0 Å². The SMILES string of the molecule is CCN(CC)CCCN(CC)c1ncc(Br)cn1. The molecule has 1 aromatic rings. The zero-order valence-corrected chi connectivity index (χ0v) is 13.2. The summed E-state index contributed by atoms with van der Waals surface area (Å²) in [6, 6.07) is 0. The Morgan fingerprint density at radius 1 is 1.00 bits per heavy atom. The van der Waals surface area contributed by atoms with E-state index in [1.165, 1.54) is 0 Å². The minimum absolute atomic E-state index is 0.820. The van der Waals surface area contributed by atoms with Crippen LogP contribution in [0.2, 0.25) is 0 Å². The molecule has 0 radical (unpaired) electrons. The van der Waals surface area contributed by atoms with E-state index >= 15 is 0 Å². The number of aromatic nitrogens is 2. The van der Waals surface area contributed by atoms with Gasteiger partial charge in [-0.1, -0.05) is 13.8 Å². The van der Waals surface area contributed by atoms with Crippen molar-refractivity contribution >= 4 is 21.9 Å². The first kappa shape index (κ1) is 15.4. The average molecular weight is 315 g/mol. The van der Waals surface area contributed by atoms with E-state index in [1.54, 1.807) is 12.4 Å². The highest BCUT2D eigenvalue weighted by Gasteiger charge is 2.07. The first-order valence-electron chi connectivity index (χ1n) is 6.66. The Morgan fingerprint density at radius 3 is 2.11 bits per heavy atom. The summed E-state index contributed by atoms with van der Waals surface area (Å²) in [6.45, 7) is 11.9. The fourth-order valence-corrected chi connectivity index (χ4v) is 2.10. The maximum absolute atomic E-state index is 4.34. The number of hydrogen-bond acceptors (Lipinski definition) is 4. The van der Waals surface area contributed by atoms with Gasteiger partial charge in [-0.3, -0.25) is 0 Å². The van der Waals surface area contributed by atoms with Crippen LogP contribution in [0.25, 0.3) is 0 Å². The van der Waals surface area contributed by atoms with Crippen LogP contribution in [0.4, 0.5) is 5.95 Å². The molecule has 0 N–H and O–H groups in total. The van der Waals surface area contributed by atoms with Gasteiger partial charge in [-0.25, -0.2) is 9.97 Å². The van der Waals surface area contributed by atoms with Crippen molar-refractivity contribution in [1.82, 2.24) is 14.9 Å². The number of halogens is 1. The Labute approximate surface area is 119 Å². The Bertz CT molecular complexity index is 324. The van der Waals surface area contributed by atoms with Crippen LogP contribution in [-0.2, 0) is 0 Å². The molecular formula is C13H23BrN4. The smallest absolute Gasteiger partial charge is 0.225 e. The van der Waals surface area contributed by atoms with Gasteiger partial charge in [-0.15, -0.1) is 0 Å². The molecule has 0 bridgehead atoms. The maximum atomic E-state index is 4.34. The van der Waals surface area contributed by atoms with Crippen molar-refractivity contribution in [2.75, 3.05) is 37.6 Å². The number of hydrogen-bond donors (Lipinski definition) is 0. The lowest BCUT2D eigenvalue weighted by atomic mass is 10.3. The molecule has 0 spiro atoms. The van der Waals surface area contributed by atoms with E-state index in [9.17, 15) is 0 Å². The van der Waals surface area contributed by atoms with E-state index in [0.29, 0.717) is 0 Å². The first-order valence-corrected chi connectivity index (χ1v) is 7.45. The lowest BCUT2D eigenvalue weighted by Gasteiger charge is -2.23. The second kappa shape index (κ2) is 8.43.